The van der Waals surface area contributed by atoms with E-state index in [9.17, 15) is 14.4 Å². The lowest BCUT2D eigenvalue weighted by molar-refractivity contribution is -0.137. The largest absolute Gasteiger partial charge is 0.481 e. The summed E-state index contributed by atoms with van der Waals surface area (Å²) < 4.78 is 5.50. The molecule has 0 fully saturated rings. The van der Waals surface area contributed by atoms with Crippen molar-refractivity contribution in [3.05, 3.63) is 91.0 Å². The summed E-state index contributed by atoms with van der Waals surface area (Å²) in [6.07, 6.45) is 0.535. The number of carbonyl (C=O) groups is 3. The third-order valence-corrected chi connectivity index (χ3v) is 10.8. The highest BCUT2D eigenvalue weighted by molar-refractivity contribution is 9.10. The number of esters is 1. The Kier molecular flexibility index (Phi) is 9.64. The van der Waals surface area contributed by atoms with Gasteiger partial charge in [0.25, 0.3) is 0 Å². The van der Waals surface area contributed by atoms with E-state index in [1.807, 2.05) is 91.0 Å². The summed E-state index contributed by atoms with van der Waals surface area (Å²) >= 11 is 3.47. The SMILES string of the molecule is CCOC(=O)C(C(=O)C(Br)CCCC(=O)O)=P(c1ccccc1)(c1ccccc1)c1ccccc1. The van der Waals surface area contributed by atoms with Gasteiger partial charge in [0, 0.05) is 6.42 Å². The molecule has 0 amide bonds. The van der Waals surface area contributed by atoms with E-state index in [2.05, 4.69) is 15.9 Å². The van der Waals surface area contributed by atoms with Gasteiger partial charge >= 0.3 is 11.9 Å². The fourth-order valence-corrected chi connectivity index (χ4v) is 9.18. The van der Waals surface area contributed by atoms with Crippen molar-refractivity contribution >= 4 is 61.7 Å². The first kappa shape index (κ1) is 26.7. The fraction of sp³-hybridized carbons (Fsp3) is 0.214. The van der Waals surface area contributed by atoms with Crippen molar-refractivity contribution in [2.24, 2.45) is 0 Å². The van der Waals surface area contributed by atoms with E-state index >= 15 is 0 Å². The quantitative estimate of drug-likeness (QED) is 0.165. The average molecular weight is 555 g/mol. The summed E-state index contributed by atoms with van der Waals surface area (Å²) in [4.78, 5) is 38.1. The van der Waals surface area contributed by atoms with Crippen molar-refractivity contribution in [1.29, 1.82) is 0 Å². The molecule has 1 N–H and O–H groups in total. The second-order valence-corrected chi connectivity index (χ2v) is 12.3. The number of ether oxygens (including phenoxy) is 1. The smallest absolute Gasteiger partial charge is 0.342 e. The Labute approximate surface area is 214 Å². The summed E-state index contributed by atoms with van der Waals surface area (Å²) in [7, 11) is 0. The van der Waals surface area contributed by atoms with Gasteiger partial charge in [-0.3, -0.25) is 9.59 Å². The van der Waals surface area contributed by atoms with Crippen molar-refractivity contribution < 1.29 is 24.2 Å². The lowest BCUT2D eigenvalue weighted by Crippen LogP contribution is -2.41. The Hall–Kier alpha value is -2.95. The zero-order valence-corrected chi connectivity index (χ0v) is 22.0. The predicted octanol–water partition coefficient (Wildman–Crippen LogP) is 4.30. The molecule has 0 aliphatic heterocycles. The van der Waals surface area contributed by atoms with Crippen LogP contribution in [0.3, 0.4) is 0 Å². The molecule has 3 aromatic rings. The van der Waals surface area contributed by atoms with E-state index < -0.39 is 23.7 Å². The van der Waals surface area contributed by atoms with Crippen molar-refractivity contribution in [2.45, 2.75) is 31.0 Å². The number of halogens is 1. The molecule has 7 heteroatoms. The Morgan fingerprint density at radius 2 is 1.26 bits per heavy atom. The summed E-state index contributed by atoms with van der Waals surface area (Å²) in [5.74, 6) is -1.95. The second kappa shape index (κ2) is 12.7. The number of rotatable bonds is 11. The van der Waals surface area contributed by atoms with E-state index in [-0.39, 0.29) is 30.5 Å². The van der Waals surface area contributed by atoms with E-state index in [4.69, 9.17) is 9.84 Å². The van der Waals surface area contributed by atoms with E-state index in [1.54, 1.807) is 6.92 Å². The molecule has 182 valence electrons. The third kappa shape index (κ3) is 6.01. The van der Waals surface area contributed by atoms with Crippen LogP contribution in [0.15, 0.2) is 91.0 Å². The molecule has 0 aromatic heterocycles. The molecule has 0 saturated heterocycles. The lowest BCUT2D eigenvalue weighted by atomic mass is 10.1. The minimum Gasteiger partial charge on any atom is -0.481 e. The minimum atomic E-state index is -2.96. The van der Waals surface area contributed by atoms with E-state index in [1.165, 1.54) is 0 Å². The molecular formula is C28H28BrO5P. The molecule has 0 spiro atoms. The molecule has 0 aliphatic carbocycles. The Morgan fingerprint density at radius 1 is 0.829 bits per heavy atom. The van der Waals surface area contributed by atoms with Gasteiger partial charge in [0.05, 0.1) is 11.4 Å². The minimum absolute atomic E-state index is 0.0551. The normalized spacial score (nSPS) is 11.9. The molecule has 5 nitrogen and oxygen atoms in total. The van der Waals surface area contributed by atoms with Gasteiger partial charge in [0.1, 0.15) is 5.29 Å². The average Bonchev–Trinajstić information content (AvgIpc) is 2.88. The summed E-state index contributed by atoms with van der Waals surface area (Å²) in [5, 5.41) is 11.7. The number of aliphatic carboxylic acids is 1. The number of benzene rings is 3. The maximum atomic E-state index is 14.1. The number of Topliss-reactive ketones (excluding diaryl/α,β-unsaturated/α-hetero) is 1. The number of carboxylic acids is 1. The molecule has 0 saturated carbocycles. The Balaban J connectivity index is 2.44. The van der Waals surface area contributed by atoms with Gasteiger partial charge in [-0.15, -0.1) is 0 Å². The molecule has 35 heavy (non-hydrogen) atoms. The van der Waals surface area contributed by atoms with Crippen LogP contribution in [0.2, 0.25) is 0 Å². The number of alkyl halides is 1. The molecular weight excluding hydrogens is 527 g/mol. The summed E-state index contributed by atoms with van der Waals surface area (Å²) in [6.45, 7) is -1.12. The van der Waals surface area contributed by atoms with Crippen LogP contribution in [-0.2, 0) is 19.1 Å². The molecule has 3 aromatic carbocycles. The van der Waals surface area contributed by atoms with Crippen LogP contribution < -0.4 is 15.9 Å². The van der Waals surface area contributed by atoms with Crippen LogP contribution in [0, 0.1) is 0 Å². The van der Waals surface area contributed by atoms with Crippen molar-refractivity contribution in [3.8, 4) is 0 Å². The van der Waals surface area contributed by atoms with Gasteiger partial charge in [0.2, 0.25) is 0 Å². The molecule has 3 rings (SSSR count). The number of carbonyl (C=O) groups excluding carboxylic acids is 2. The molecule has 0 heterocycles. The number of hydrogen-bond acceptors (Lipinski definition) is 4. The van der Waals surface area contributed by atoms with Crippen LogP contribution in [0.4, 0.5) is 0 Å². The number of ketones is 1. The van der Waals surface area contributed by atoms with Crippen molar-refractivity contribution in [1.82, 2.24) is 0 Å². The van der Waals surface area contributed by atoms with Crippen LogP contribution in [0.5, 0.6) is 0 Å². The molecule has 1 atom stereocenters. The van der Waals surface area contributed by atoms with Crippen LogP contribution in [0.25, 0.3) is 0 Å². The maximum absolute atomic E-state index is 14.1. The highest BCUT2D eigenvalue weighted by Crippen LogP contribution is 2.47. The Bertz CT molecular complexity index is 1110. The maximum Gasteiger partial charge on any atom is 0.342 e. The monoisotopic (exact) mass is 554 g/mol. The van der Waals surface area contributed by atoms with Gasteiger partial charge < -0.3 is 9.84 Å². The van der Waals surface area contributed by atoms with Crippen molar-refractivity contribution in [3.63, 3.8) is 0 Å². The third-order valence-electron chi connectivity index (χ3n) is 5.60. The van der Waals surface area contributed by atoms with Gasteiger partial charge in [-0.25, -0.2) is 4.79 Å². The number of hydrogen-bond donors (Lipinski definition) is 1. The Morgan fingerprint density at radius 3 is 1.63 bits per heavy atom. The highest BCUT2D eigenvalue weighted by Gasteiger charge is 2.39. The van der Waals surface area contributed by atoms with Crippen LogP contribution >= 0.6 is 22.8 Å². The predicted molar refractivity (Wildman–Crippen MR) is 146 cm³/mol. The molecule has 1 unspecified atom stereocenters. The van der Waals surface area contributed by atoms with Crippen molar-refractivity contribution in [2.75, 3.05) is 6.61 Å². The standard InChI is InChI=1S/C28H28BrO5P/c1-2-34-28(33)27(26(32)24(29)19-12-20-25(30)31)35(21-13-6-3-7-14-21,22-15-8-4-9-16-22)23-17-10-5-11-18-23/h3-11,13-18,24H,2,12,19-20H2,1H3,(H,30,31). The van der Waals surface area contributed by atoms with Gasteiger partial charge in [-0.2, -0.15) is 0 Å². The summed E-state index contributed by atoms with van der Waals surface area (Å²) in [6, 6.07) is 28.8. The topological polar surface area (TPSA) is 80.7 Å². The van der Waals surface area contributed by atoms with E-state index in [0.29, 0.717) is 6.42 Å². The highest BCUT2D eigenvalue weighted by atomic mass is 79.9. The second-order valence-electron chi connectivity index (χ2n) is 7.86. The first-order chi connectivity index (χ1) is 16.9. The molecule has 0 aliphatic rings. The fourth-order valence-electron chi connectivity index (χ4n) is 4.10. The van der Waals surface area contributed by atoms with E-state index in [0.717, 1.165) is 15.9 Å². The first-order valence-corrected chi connectivity index (χ1v) is 14.1. The van der Waals surface area contributed by atoms with Crippen LogP contribution in [0.1, 0.15) is 26.2 Å². The summed E-state index contributed by atoms with van der Waals surface area (Å²) in [5.41, 5.74) is 0. The van der Waals surface area contributed by atoms with Gasteiger partial charge in [-0.05, 0) is 42.6 Å². The van der Waals surface area contributed by atoms with Crippen LogP contribution in [-0.4, -0.2) is 39.6 Å². The zero-order valence-electron chi connectivity index (χ0n) is 19.5. The van der Waals surface area contributed by atoms with Gasteiger partial charge in [-0.1, -0.05) is 107 Å². The molecule has 0 radical (unpaired) electrons. The first-order valence-electron chi connectivity index (χ1n) is 11.4. The lowest BCUT2D eigenvalue weighted by Gasteiger charge is -2.32. The number of carboxylic acid groups (broad SMARTS) is 1. The molecule has 0 bridgehead atoms. The van der Waals surface area contributed by atoms with Gasteiger partial charge in [0.15, 0.2) is 5.78 Å². The zero-order chi connectivity index (χ0) is 25.3.